The van der Waals surface area contributed by atoms with Crippen LogP contribution in [0.1, 0.15) is 0 Å². The Morgan fingerprint density at radius 3 is 2.79 bits per heavy atom. The summed E-state index contributed by atoms with van der Waals surface area (Å²) in [7, 11) is 2.65. The van der Waals surface area contributed by atoms with Gasteiger partial charge in [-0.05, 0) is 46.9 Å². The lowest BCUT2D eigenvalue weighted by molar-refractivity contribution is -0.170. The molecule has 1 heterocycles. The summed E-state index contributed by atoms with van der Waals surface area (Å²) < 4.78 is 16.0. The predicted molar refractivity (Wildman–Crippen MR) is 77.9 cm³/mol. The van der Waals surface area contributed by atoms with E-state index in [4.69, 9.17) is 9.47 Å². The van der Waals surface area contributed by atoms with Crippen molar-refractivity contribution in [2.75, 3.05) is 14.2 Å². The summed E-state index contributed by atoms with van der Waals surface area (Å²) in [5, 5.41) is 0.934. The van der Waals surface area contributed by atoms with Gasteiger partial charge in [-0.15, -0.1) is 0 Å². The zero-order valence-electron chi connectivity index (χ0n) is 10.4. The summed E-state index contributed by atoms with van der Waals surface area (Å²) in [5.41, 5.74) is 0.861. The number of fused-ring (bicyclic) bond motifs is 1. The maximum Gasteiger partial charge on any atom is 0.376 e. The lowest BCUT2D eigenvalue weighted by Crippen LogP contribution is -2.30. The van der Waals surface area contributed by atoms with E-state index in [-0.39, 0.29) is 0 Å². The molecule has 1 atom stereocenters. The first kappa shape index (κ1) is 14.0. The van der Waals surface area contributed by atoms with Crippen molar-refractivity contribution in [2.45, 2.75) is 6.29 Å². The summed E-state index contributed by atoms with van der Waals surface area (Å²) in [6.07, 6.45) is 0.455. The third-order valence-corrected chi connectivity index (χ3v) is 3.14. The zero-order chi connectivity index (χ0) is 13.8. The van der Waals surface area contributed by atoms with Crippen molar-refractivity contribution in [1.82, 2.24) is 4.98 Å². The van der Waals surface area contributed by atoms with Gasteiger partial charge in [-0.25, -0.2) is 4.79 Å². The third kappa shape index (κ3) is 3.32. The second kappa shape index (κ2) is 6.16. The van der Waals surface area contributed by atoms with Crippen LogP contribution in [0, 0.1) is 3.57 Å². The first-order valence-electron chi connectivity index (χ1n) is 5.46. The third-order valence-electron chi connectivity index (χ3n) is 2.47. The van der Waals surface area contributed by atoms with Crippen LogP contribution in [0.25, 0.3) is 10.9 Å². The van der Waals surface area contributed by atoms with Gasteiger partial charge in [0, 0.05) is 16.1 Å². The number of carbonyl (C=O) groups is 1. The van der Waals surface area contributed by atoms with E-state index in [0.717, 1.165) is 14.5 Å². The van der Waals surface area contributed by atoms with Crippen molar-refractivity contribution in [3.63, 3.8) is 0 Å². The summed E-state index contributed by atoms with van der Waals surface area (Å²) in [4.78, 5) is 15.6. The number of esters is 1. The first-order chi connectivity index (χ1) is 9.13. The molecule has 0 saturated heterocycles. The quantitative estimate of drug-likeness (QED) is 0.468. The van der Waals surface area contributed by atoms with Crippen LogP contribution >= 0.6 is 22.6 Å². The number of benzene rings is 1. The molecule has 0 aliphatic carbocycles. The minimum atomic E-state index is -1.09. The summed E-state index contributed by atoms with van der Waals surface area (Å²) in [5.74, 6) is -0.142. The SMILES string of the molecule is COC(=O)C(OC)Oc1cnc2ccc(I)cc2c1. The maximum atomic E-state index is 11.4. The van der Waals surface area contributed by atoms with E-state index in [1.165, 1.54) is 14.2 Å². The molecule has 5 nitrogen and oxygen atoms in total. The van der Waals surface area contributed by atoms with Gasteiger partial charge in [-0.3, -0.25) is 4.98 Å². The van der Waals surface area contributed by atoms with Gasteiger partial charge in [0.2, 0.25) is 0 Å². The molecule has 0 saturated carbocycles. The van der Waals surface area contributed by atoms with Crippen LogP contribution in [-0.4, -0.2) is 31.5 Å². The van der Waals surface area contributed by atoms with E-state index in [0.29, 0.717) is 5.75 Å². The van der Waals surface area contributed by atoms with Gasteiger partial charge >= 0.3 is 5.97 Å². The highest BCUT2D eigenvalue weighted by molar-refractivity contribution is 14.1. The van der Waals surface area contributed by atoms with Gasteiger partial charge < -0.3 is 14.2 Å². The van der Waals surface area contributed by atoms with Crippen molar-refractivity contribution < 1.29 is 19.0 Å². The monoisotopic (exact) mass is 373 g/mol. The minimum Gasteiger partial charge on any atom is -0.464 e. The molecule has 0 bridgehead atoms. The average molecular weight is 373 g/mol. The number of rotatable bonds is 4. The van der Waals surface area contributed by atoms with E-state index in [9.17, 15) is 4.79 Å². The molecule has 0 fully saturated rings. The second-order valence-corrected chi connectivity index (χ2v) is 4.96. The molecular weight excluding hydrogens is 361 g/mol. The molecule has 0 aliphatic rings. The topological polar surface area (TPSA) is 57.7 Å². The molecule has 1 unspecified atom stereocenters. The number of halogens is 1. The smallest absolute Gasteiger partial charge is 0.376 e. The van der Waals surface area contributed by atoms with Gasteiger partial charge in [-0.2, -0.15) is 0 Å². The molecule has 2 aromatic rings. The average Bonchev–Trinajstić information content (AvgIpc) is 2.43. The van der Waals surface area contributed by atoms with Crippen LogP contribution in [0.4, 0.5) is 0 Å². The molecule has 100 valence electrons. The fourth-order valence-corrected chi connectivity index (χ4v) is 2.07. The van der Waals surface area contributed by atoms with Crippen molar-refractivity contribution >= 4 is 39.5 Å². The molecule has 1 aromatic carbocycles. The highest BCUT2D eigenvalue weighted by atomic mass is 127. The van der Waals surface area contributed by atoms with E-state index in [1.807, 2.05) is 18.2 Å². The van der Waals surface area contributed by atoms with Gasteiger partial charge in [0.05, 0.1) is 18.8 Å². The molecule has 0 spiro atoms. The summed E-state index contributed by atoms with van der Waals surface area (Å²) in [6, 6.07) is 7.69. The van der Waals surface area contributed by atoms with Crippen LogP contribution in [-0.2, 0) is 14.3 Å². The highest BCUT2D eigenvalue weighted by Crippen LogP contribution is 2.21. The van der Waals surface area contributed by atoms with E-state index in [1.54, 1.807) is 12.3 Å². The van der Waals surface area contributed by atoms with Gasteiger partial charge in [0.15, 0.2) is 0 Å². The number of hydrogen-bond donors (Lipinski definition) is 0. The maximum absolute atomic E-state index is 11.4. The van der Waals surface area contributed by atoms with Crippen molar-refractivity contribution in [3.8, 4) is 5.75 Å². The van der Waals surface area contributed by atoms with Gasteiger partial charge in [0.25, 0.3) is 6.29 Å². The number of ether oxygens (including phenoxy) is 3. The number of methoxy groups -OCH3 is 2. The lowest BCUT2D eigenvalue weighted by Gasteiger charge is -2.14. The van der Waals surface area contributed by atoms with Crippen LogP contribution in [0.2, 0.25) is 0 Å². The number of nitrogens with zero attached hydrogens (tertiary/aromatic N) is 1. The summed E-state index contributed by atoms with van der Waals surface area (Å²) in [6.45, 7) is 0. The Labute approximate surface area is 124 Å². The Morgan fingerprint density at radius 2 is 2.11 bits per heavy atom. The van der Waals surface area contributed by atoms with Crippen molar-refractivity contribution in [1.29, 1.82) is 0 Å². The Hall–Kier alpha value is -1.41. The molecule has 0 aliphatic heterocycles. The molecule has 6 heteroatoms. The van der Waals surface area contributed by atoms with Crippen LogP contribution in [0.15, 0.2) is 30.5 Å². The molecule has 19 heavy (non-hydrogen) atoms. The lowest BCUT2D eigenvalue weighted by atomic mass is 10.2. The molecular formula is C13H12INO4. The largest absolute Gasteiger partial charge is 0.464 e. The van der Waals surface area contributed by atoms with E-state index in [2.05, 4.69) is 32.3 Å². The summed E-state index contributed by atoms with van der Waals surface area (Å²) >= 11 is 2.22. The standard InChI is InChI=1S/C13H12INO4/c1-17-12(16)13(18-2)19-10-6-8-5-9(14)3-4-11(8)15-7-10/h3-7,13H,1-2H3. The van der Waals surface area contributed by atoms with Gasteiger partial charge in [-0.1, -0.05) is 0 Å². The second-order valence-electron chi connectivity index (χ2n) is 3.72. The fraction of sp³-hybridized carbons (Fsp3) is 0.231. The number of aromatic nitrogens is 1. The number of carbonyl (C=O) groups excluding carboxylic acids is 1. The Kier molecular flexibility index (Phi) is 4.54. The van der Waals surface area contributed by atoms with Crippen LogP contribution in [0.5, 0.6) is 5.75 Å². The zero-order valence-corrected chi connectivity index (χ0v) is 12.6. The Balaban J connectivity index is 2.27. The first-order valence-corrected chi connectivity index (χ1v) is 6.54. The Bertz CT molecular complexity index is 602. The number of hydrogen-bond acceptors (Lipinski definition) is 5. The normalized spacial score (nSPS) is 12.2. The van der Waals surface area contributed by atoms with Gasteiger partial charge in [0.1, 0.15) is 5.75 Å². The van der Waals surface area contributed by atoms with E-state index >= 15 is 0 Å². The minimum absolute atomic E-state index is 0.451. The highest BCUT2D eigenvalue weighted by Gasteiger charge is 2.20. The van der Waals surface area contributed by atoms with Crippen LogP contribution < -0.4 is 4.74 Å². The van der Waals surface area contributed by atoms with Crippen molar-refractivity contribution in [2.24, 2.45) is 0 Å². The molecule has 0 radical (unpaired) electrons. The van der Waals surface area contributed by atoms with Crippen LogP contribution in [0.3, 0.4) is 0 Å². The molecule has 0 N–H and O–H groups in total. The predicted octanol–water partition coefficient (Wildman–Crippen LogP) is 2.36. The van der Waals surface area contributed by atoms with Crippen molar-refractivity contribution in [3.05, 3.63) is 34.0 Å². The molecule has 2 rings (SSSR count). The van der Waals surface area contributed by atoms with E-state index < -0.39 is 12.3 Å². The molecule has 1 aromatic heterocycles. The number of pyridine rings is 1. The fourth-order valence-electron chi connectivity index (χ4n) is 1.56. The Morgan fingerprint density at radius 1 is 1.32 bits per heavy atom. The molecule has 0 amide bonds.